The van der Waals surface area contributed by atoms with Gasteiger partial charge in [0.15, 0.2) is 0 Å². The van der Waals surface area contributed by atoms with Crippen LogP contribution in [0.3, 0.4) is 0 Å². The average molecular weight is 246 g/mol. The van der Waals surface area contributed by atoms with Crippen LogP contribution < -0.4 is 10.6 Å². The van der Waals surface area contributed by atoms with Gasteiger partial charge in [0, 0.05) is 12.1 Å². The Balaban J connectivity index is 4.03. The number of rotatable bonds is 7. The predicted molar refractivity (Wildman–Crippen MR) is 64.0 cm³/mol. The lowest BCUT2D eigenvalue weighted by atomic mass is 10.0. The number of nitrogens with one attached hydrogen (secondary N) is 2. The van der Waals surface area contributed by atoms with Gasteiger partial charge < -0.3 is 20.5 Å². The lowest BCUT2D eigenvalue weighted by Crippen LogP contribution is -2.52. The monoisotopic (exact) mass is 246 g/mol. The van der Waals surface area contributed by atoms with E-state index in [2.05, 4.69) is 10.6 Å². The molecule has 1 atom stereocenters. The van der Waals surface area contributed by atoms with Crippen molar-refractivity contribution in [2.75, 3.05) is 13.2 Å². The normalized spacial score (nSPS) is 12.9. The summed E-state index contributed by atoms with van der Waals surface area (Å²) >= 11 is 0. The minimum absolute atomic E-state index is 0.115. The summed E-state index contributed by atoms with van der Waals surface area (Å²) in [6, 6.07) is -0.501. The molecule has 6 nitrogen and oxygen atoms in total. The van der Waals surface area contributed by atoms with Crippen LogP contribution in [-0.2, 0) is 9.53 Å². The molecule has 6 heteroatoms. The van der Waals surface area contributed by atoms with Crippen molar-refractivity contribution in [1.82, 2.24) is 10.6 Å². The molecule has 100 valence electrons. The fourth-order valence-corrected chi connectivity index (χ4v) is 1.33. The Morgan fingerprint density at radius 2 is 2.00 bits per heavy atom. The summed E-state index contributed by atoms with van der Waals surface area (Å²) in [5, 5.41) is 14.0. The Kier molecular flexibility index (Phi) is 6.57. The number of urea groups is 1. The molecule has 0 heterocycles. The predicted octanol–water partition coefficient (Wildman–Crippen LogP) is 0.964. The molecule has 17 heavy (non-hydrogen) atoms. The highest BCUT2D eigenvalue weighted by Crippen LogP contribution is 2.07. The SMILES string of the molecule is CCOCC(C)NC(=O)NC(C)(C)CC(=O)O. The minimum atomic E-state index is -0.947. The van der Waals surface area contributed by atoms with Gasteiger partial charge in [-0.3, -0.25) is 4.79 Å². The van der Waals surface area contributed by atoms with E-state index in [0.717, 1.165) is 0 Å². The Hall–Kier alpha value is -1.30. The number of carboxylic acids is 1. The number of hydrogen-bond acceptors (Lipinski definition) is 3. The van der Waals surface area contributed by atoms with Crippen molar-refractivity contribution in [3.05, 3.63) is 0 Å². The van der Waals surface area contributed by atoms with E-state index in [1.165, 1.54) is 0 Å². The van der Waals surface area contributed by atoms with Gasteiger partial charge in [0.05, 0.1) is 19.1 Å². The van der Waals surface area contributed by atoms with Crippen LogP contribution in [0.1, 0.15) is 34.1 Å². The maximum absolute atomic E-state index is 11.5. The van der Waals surface area contributed by atoms with E-state index in [9.17, 15) is 9.59 Å². The van der Waals surface area contributed by atoms with Gasteiger partial charge in [-0.15, -0.1) is 0 Å². The lowest BCUT2D eigenvalue weighted by Gasteiger charge is -2.25. The summed E-state index contributed by atoms with van der Waals surface area (Å²) in [5.74, 6) is -0.947. The summed E-state index contributed by atoms with van der Waals surface area (Å²) in [6.07, 6.45) is -0.125. The molecule has 0 spiro atoms. The topological polar surface area (TPSA) is 87.7 Å². The first kappa shape index (κ1) is 15.7. The molecule has 0 bridgehead atoms. The molecule has 0 rings (SSSR count). The molecule has 0 radical (unpaired) electrons. The van der Waals surface area contributed by atoms with E-state index >= 15 is 0 Å². The van der Waals surface area contributed by atoms with Crippen LogP contribution in [0.5, 0.6) is 0 Å². The Morgan fingerprint density at radius 3 is 2.47 bits per heavy atom. The number of amides is 2. The van der Waals surface area contributed by atoms with Gasteiger partial charge >= 0.3 is 12.0 Å². The van der Waals surface area contributed by atoms with Gasteiger partial charge in [0.2, 0.25) is 0 Å². The zero-order chi connectivity index (χ0) is 13.5. The summed E-state index contributed by atoms with van der Waals surface area (Å²) in [5.41, 5.74) is -0.777. The maximum Gasteiger partial charge on any atom is 0.315 e. The number of carboxylic acid groups (broad SMARTS) is 1. The number of carbonyl (C=O) groups excluding carboxylic acids is 1. The highest BCUT2D eigenvalue weighted by molar-refractivity contribution is 5.76. The van der Waals surface area contributed by atoms with Gasteiger partial charge in [-0.1, -0.05) is 0 Å². The van der Waals surface area contributed by atoms with Crippen LogP contribution in [0.2, 0.25) is 0 Å². The van der Waals surface area contributed by atoms with E-state index < -0.39 is 11.5 Å². The number of aliphatic carboxylic acids is 1. The molecule has 0 aliphatic carbocycles. The molecule has 0 saturated carbocycles. The molecule has 0 aliphatic rings. The first-order chi connectivity index (χ1) is 7.76. The fraction of sp³-hybridized carbons (Fsp3) is 0.818. The van der Waals surface area contributed by atoms with Crippen LogP contribution in [0.15, 0.2) is 0 Å². The molecule has 0 aromatic carbocycles. The van der Waals surface area contributed by atoms with E-state index in [4.69, 9.17) is 9.84 Å². The first-order valence-electron chi connectivity index (χ1n) is 5.65. The van der Waals surface area contributed by atoms with Crippen molar-refractivity contribution in [2.45, 2.75) is 45.7 Å². The van der Waals surface area contributed by atoms with Gasteiger partial charge in [0.1, 0.15) is 0 Å². The quantitative estimate of drug-likeness (QED) is 0.624. The molecular weight excluding hydrogens is 224 g/mol. The molecular formula is C11H22N2O4. The van der Waals surface area contributed by atoms with Crippen molar-refractivity contribution in [2.24, 2.45) is 0 Å². The Morgan fingerprint density at radius 1 is 1.41 bits per heavy atom. The summed E-state index contributed by atoms with van der Waals surface area (Å²) in [4.78, 5) is 22.1. The second kappa shape index (κ2) is 7.11. The van der Waals surface area contributed by atoms with Crippen LogP contribution in [0.25, 0.3) is 0 Å². The Labute approximate surface area is 102 Å². The largest absolute Gasteiger partial charge is 0.481 e. The van der Waals surface area contributed by atoms with Gasteiger partial charge in [-0.2, -0.15) is 0 Å². The number of ether oxygens (including phenoxy) is 1. The van der Waals surface area contributed by atoms with Crippen LogP contribution >= 0.6 is 0 Å². The molecule has 0 aromatic rings. The van der Waals surface area contributed by atoms with Gasteiger partial charge in [0.25, 0.3) is 0 Å². The maximum atomic E-state index is 11.5. The van der Waals surface area contributed by atoms with Gasteiger partial charge in [-0.25, -0.2) is 4.79 Å². The van der Waals surface area contributed by atoms with Crippen molar-refractivity contribution in [1.29, 1.82) is 0 Å². The average Bonchev–Trinajstić information content (AvgIpc) is 2.10. The number of hydrogen-bond donors (Lipinski definition) is 3. The zero-order valence-corrected chi connectivity index (χ0v) is 10.9. The van der Waals surface area contributed by atoms with E-state index in [0.29, 0.717) is 13.2 Å². The molecule has 0 aliphatic heterocycles. The summed E-state index contributed by atoms with van der Waals surface area (Å²) < 4.78 is 5.15. The van der Waals surface area contributed by atoms with Crippen molar-refractivity contribution >= 4 is 12.0 Å². The molecule has 0 saturated heterocycles. The van der Waals surface area contributed by atoms with Crippen LogP contribution in [-0.4, -0.2) is 41.9 Å². The second-order valence-corrected chi connectivity index (χ2v) is 4.61. The van der Waals surface area contributed by atoms with Crippen molar-refractivity contribution in [3.63, 3.8) is 0 Å². The van der Waals surface area contributed by atoms with Crippen LogP contribution in [0, 0.1) is 0 Å². The lowest BCUT2D eigenvalue weighted by molar-refractivity contribution is -0.138. The third kappa shape index (κ3) is 8.50. The first-order valence-corrected chi connectivity index (χ1v) is 5.65. The molecule has 0 aromatic heterocycles. The third-order valence-electron chi connectivity index (χ3n) is 1.99. The van der Waals surface area contributed by atoms with Crippen molar-refractivity contribution in [3.8, 4) is 0 Å². The fourth-order valence-electron chi connectivity index (χ4n) is 1.33. The Bertz CT molecular complexity index is 266. The van der Waals surface area contributed by atoms with E-state index in [1.54, 1.807) is 13.8 Å². The smallest absolute Gasteiger partial charge is 0.315 e. The highest BCUT2D eigenvalue weighted by Gasteiger charge is 2.24. The highest BCUT2D eigenvalue weighted by atomic mass is 16.5. The van der Waals surface area contributed by atoms with Gasteiger partial charge in [-0.05, 0) is 27.7 Å². The molecule has 0 fully saturated rings. The molecule has 1 unspecified atom stereocenters. The second-order valence-electron chi connectivity index (χ2n) is 4.61. The standard InChI is InChI=1S/C11H22N2O4/c1-5-17-7-8(2)12-10(16)13-11(3,4)6-9(14)15/h8H,5-7H2,1-4H3,(H,14,15)(H2,12,13,16). The third-order valence-corrected chi connectivity index (χ3v) is 1.99. The number of carbonyl (C=O) groups is 2. The minimum Gasteiger partial charge on any atom is -0.481 e. The molecule has 3 N–H and O–H groups in total. The summed E-state index contributed by atoms with van der Waals surface area (Å²) in [6.45, 7) is 8.05. The summed E-state index contributed by atoms with van der Waals surface area (Å²) in [7, 11) is 0. The van der Waals surface area contributed by atoms with Crippen LogP contribution in [0.4, 0.5) is 4.79 Å². The zero-order valence-electron chi connectivity index (χ0n) is 10.9. The van der Waals surface area contributed by atoms with E-state index in [1.807, 2.05) is 13.8 Å². The van der Waals surface area contributed by atoms with Crippen molar-refractivity contribution < 1.29 is 19.4 Å². The van der Waals surface area contributed by atoms with E-state index in [-0.39, 0.29) is 18.5 Å². The molecule has 2 amide bonds.